The van der Waals surface area contributed by atoms with E-state index < -0.39 is 0 Å². The molecule has 1 aliphatic rings. The minimum atomic E-state index is -0.303. The van der Waals surface area contributed by atoms with E-state index in [4.69, 9.17) is 4.74 Å². The predicted molar refractivity (Wildman–Crippen MR) is 98.7 cm³/mol. The summed E-state index contributed by atoms with van der Waals surface area (Å²) in [6, 6.07) is 16.5. The van der Waals surface area contributed by atoms with Gasteiger partial charge in [0.1, 0.15) is 11.5 Å². The number of amides is 1. The molecule has 0 unspecified atom stereocenters. The fraction of sp³-hybridized carbons (Fsp3) is 0.286. The highest BCUT2D eigenvalue weighted by atomic mass is 19.1. The number of halogens is 1. The zero-order valence-corrected chi connectivity index (χ0v) is 14.5. The van der Waals surface area contributed by atoms with E-state index in [2.05, 4.69) is 17.1 Å². The fourth-order valence-electron chi connectivity index (χ4n) is 3.44. The van der Waals surface area contributed by atoms with Gasteiger partial charge in [-0.3, -0.25) is 4.79 Å². The van der Waals surface area contributed by atoms with Crippen LogP contribution in [-0.4, -0.2) is 41.6 Å². The summed E-state index contributed by atoms with van der Waals surface area (Å²) in [5, 5.41) is 0.710. The van der Waals surface area contributed by atoms with Crippen molar-refractivity contribution in [2.75, 3.05) is 19.7 Å². The molecule has 5 heteroatoms. The van der Waals surface area contributed by atoms with Crippen molar-refractivity contribution in [3.05, 3.63) is 71.7 Å². The Bertz CT molecular complexity index is 907. The van der Waals surface area contributed by atoms with Crippen molar-refractivity contribution in [2.24, 2.45) is 0 Å². The molecule has 0 bridgehead atoms. The van der Waals surface area contributed by atoms with Crippen LogP contribution in [0.4, 0.5) is 4.39 Å². The number of nitrogens with zero attached hydrogens (tertiary/aromatic N) is 1. The van der Waals surface area contributed by atoms with Crippen molar-refractivity contribution in [1.29, 1.82) is 0 Å². The van der Waals surface area contributed by atoms with Crippen LogP contribution in [-0.2, 0) is 11.2 Å². The summed E-state index contributed by atoms with van der Waals surface area (Å²) >= 11 is 0. The third-order valence-electron chi connectivity index (χ3n) is 4.84. The molecule has 1 atom stereocenters. The molecule has 1 aromatic heterocycles. The highest BCUT2D eigenvalue weighted by molar-refractivity contribution is 5.98. The van der Waals surface area contributed by atoms with Crippen LogP contribution in [0.1, 0.15) is 22.5 Å². The van der Waals surface area contributed by atoms with Crippen LogP contribution in [0.5, 0.6) is 0 Å². The number of H-pyrrole nitrogens is 1. The molecule has 0 spiro atoms. The normalized spacial score (nSPS) is 17.6. The number of aromatic nitrogens is 1. The fourth-order valence-corrected chi connectivity index (χ4v) is 3.44. The smallest absolute Gasteiger partial charge is 0.270 e. The summed E-state index contributed by atoms with van der Waals surface area (Å²) < 4.78 is 19.2. The largest absolute Gasteiger partial charge is 0.375 e. The Labute approximate surface area is 151 Å². The molecule has 2 heterocycles. The van der Waals surface area contributed by atoms with Gasteiger partial charge in [0, 0.05) is 24.0 Å². The lowest BCUT2D eigenvalue weighted by Gasteiger charge is -2.32. The number of morpholine rings is 1. The maximum Gasteiger partial charge on any atom is 0.270 e. The number of nitrogens with one attached hydrogen (secondary N) is 1. The number of ether oxygens (including phenoxy) is 1. The molecule has 134 valence electrons. The Hall–Kier alpha value is -2.66. The lowest BCUT2D eigenvalue weighted by atomic mass is 10.1. The van der Waals surface area contributed by atoms with Gasteiger partial charge in [0.05, 0.1) is 12.7 Å². The summed E-state index contributed by atoms with van der Waals surface area (Å²) in [5.74, 6) is -0.363. The van der Waals surface area contributed by atoms with Crippen LogP contribution in [0.3, 0.4) is 0 Å². The molecule has 26 heavy (non-hydrogen) atoms. The third kappa shape index (κ3) is 3.63. The zero-order valence-electron chi connectivity index (χ0n) is 14.5. The molecule has 1 aliphatic heterocycles. The molecule has 1 fully saturated rings. The second-order valence-electron chi connectivity index (χ2n) is 6.68. The van der Waals surface area contributed by atoms with Gasteiger partial charge in [-0.15, -0.1) is 0 Å². The van der Waals surface area contributed by atoms with Crippen molar-refractivity contribution >= 4 is 16.8 Å². The van der Waals surface area contributed by atoms with Gasteiger partial charge < -0.3 is 14.6 Å². The number of aryl methyl sites for hydroxylation is 1. The van der Waals surface area contributed by atoms with Gasteiger partial charge >= 0.3 is 0 Å². The Balaban J connectivity index is 1.42. The molecule has 1 N–H and O–H groups in total. The monoisotopic (exact) mass is 352 g/mol. The van der Waals surface area contributed by atoms with Crippen LogP contribution >= 0.6 is 0 Å². The van der Waals surface area contributed by atoms with Crippen LogP contribution < -0.4 is 0 Å². The molecule has 0 aliphatic carbocycles. The van der Waals surface area contributed by atoms with Gasteiger partial charge in [-0.1, -0.05) is 30.3 Å². The van der Waals surface area contributed by atoms with Crippen molar-refractivity contribution in [3.63, 3.8) is 0 Å². The van der Waals surface area contributed by atoms with Crippen molar-refractivity contribution < 1.29 is 13.9 Å². The molecule has 0 radical (unpaired) electrons. The molecule has 1 saturated heterocycles. The van der Waals surface area contributed by atoms with E-state index in [1.54, 1.807) is 12.1 Å². The number of carbonyl (C=O) groups excluding carboxylic acids is 1. The molecule has 3 aromatic rings. The number of rotatable bonds is 4. The second-order valence-corrected chi connectivity index (χ2v) is 6.68. The van der Waals surface area contributed by atoms with E-state index in [0.29, 0.717) is 30.8 Å². The molecule has 0 saturated carbocycles. The van der Waals surface area contributed by atoms with Gasteiger partial charge in [0.25, 0.3) is 5.91 Å². The quantitative estimate of drug-likeness (QED) is 0.777. The lowest BCUT2D eigenvalue weighted by molar-refractivity contribution is -0.0247. The summed E-state index contributed by atoms with van der Waals surface area (Å²) in [7, 11) is 0. The van der Waals surface area contributed by atoms with Gasteiger partial charge in [-0.25, -0.2) is 4.39 Å². The van der Waals surface area contributed by atoms with Gasteiger partial charge in [-0.05, 0) is 42.7 Å². The Morgan fingerprint density at radius 2 is 2.04 bits per heavy atom. The zero-order chi connectivity index (χ0) is 17.9. The molecular weight excluding hydrogens is 331 g/mol. The van der Waals surface area contributed by atoms with Crippen molar-refractivity contribution in [3.8, 4) is 0 Å². The van der Waals surface area contributed by atoms with Crippen LogP contribution in [0.15, 0.2) is 54.6 Å². The first-order valence-electron chi connectivity index (χ1n) is 8.92. The number of carbonyl (C=O) groups is 1. The molecular formula is C21H21FN2O2. The molecule has 2 aromatic carbocycles. The number of hydrogen-bond donors (Lipinski definition) is 1. The maximum absolute atomic E-state index is 13.4. The first-order chi connectivity index (χ1) is 12.7. The number of hydrogen-bond acceptors (Lipinski definition) is 2. The summed E-state index contributed by atoms with van der Waals surface area (Å²) in [6.07, 6.45) is 1.85. The Morgan fingerprint density at radius 3 is 2.88 bits per heavy atom. The third-order valence-corrected chi connectivity index (χ3v) is 4.84. The minimum absolute atomic E-state index is 0.0368. The van der Waals surface area contributed by atoms with Gasteiger partial charge in [0.15, 0.2) is 0 Å². The van der Waals surface area contributed by atoms with E-state index in [1.807, 2.05) is 23.1 Å². The average molecular weight is 352 g/mol. The van der Waals surface area contributed by atoms with E-state index in [1.165, 1.54) is 17.7 Å². The number of fused-ring (bicyclic) bond motifs is 1. The minimum Gasteiger partial charge on any atom is -0.375 e. The molecule has 4 rings (SSSR count). The highest BCUT2D eigenvalue weighted by Crippen LogP contribution is 2.20. The lowest BCUT2D eigenvalue weighted by Crippen LogP contribution is -2.45. The SMILES string of the molecule is O=C(c1cc2cc(F)ccc2[nH]1)N1CCO[C@@H](CCc2ccccc2)C1. The van der Waals surface area contributed by atoms with Crippen LogP contribution in [0.25, 0.3) is 10.9 Å². The topological polar surface area (TPSA) is 45.3 Å². The average Bonchev–Trinajstić information content (AvgIpc) is 3.10. The van der Waals surface area contributed by atoms with E-state index in [0.717, 1.165) is 18.4 Å². The summed E-state index contributed by atoms with van der Waals surface area (Å²) in [4.78, 5) is 17.7. The standard InChI is InChI=1S/C21H21FN2O2/c22-17-7-9-19-16(12-17)13-20(23-19)21(25)24-10-11-26-18(14-24)8-6-15-4-2-1-3-5-15/h1-5,7,9,12-13,18,23H,6,8,10-11,14H2/t18-/m0/s1. The van der Waals surface area contributed by atoms with Gasteiger partial charge in [-0.2, -0.15) is 0 Å². The van der Waals surface area contributed by atoms with E-state index in [9.17, 15) is 9.18 Å². The van der Waals surface area contributed by atoms with Crippen molar-refractivity contribution in [2.45, 2.75) is 18.9 Å². The number of aromatic amines is 1. The second kappa shape index (κ2) is 7.30. The molecule has 4 nitrogen and oxygen atoms in total. The maximum atomic E-state index is 13.4. The van der Waals surface area contributed by atoms with Crippen molar-refractivity contribution in [1.82, 2.24) is 9.88 Å². The van der Waals surface area contributed by atoms with E-state index >= 15 is 0 Å². The van der Waals surface area contributed by atoms with Crippen LogP contribution in [0, 0.1) is 5.82 Å². The van der Waals surface area contributed by atoms with Gasteiger partial charge in [0.2, 0.25) is 0 Å². The number of benzene rings is 2. The van der Waals surface area contributed by atoms with Crippen LogP contribution in [0.2, 0.25) is 0 Å². The Kier molecular flexibility index (Phi) is 4.71. The highest BCUT2D eigenvalue weighted by Gasteiger charge is 2.25. The first kappa shape index (κ1) is 16.8. The predicted octanol–water partition coefficient (Wildman–Crippen LogP) is 3.78. The summed E-state index contributed by atoms with van der Waals surface area (Å²) in [5.41, 5.74) is 2.54. The Morgan fingerprint density at radius 1 is 1.19 bits per heavy atom. The van der Waals surface area contributed by atoms with E-state index in [-0.39, 0.29) is 17.8 Å². The molecule has 1 amide bonds. The summed E-state index contributed by atoms with van der Waals surface area (Å²) in [6.45, 7) is 1.69. The first-order valence-corrected chi connectivity index (χ1v) is 8.92.